The van der Waals surface area contributed by atoms with Crippen LogP contribution in [0.3, 0.4) is 0 Å². The van der Waals surface area contributed by atoms with Gasteiger partial charge in [-0.15, -0.1) is 0 Å². The molecule has 37 heavy (non-hydrogen) atoms. The van der Waals surface area contributed by atoms with Crippen molar-refractivity contribution in [2.24, 2.45) is 0 Å². The Morgan fingerprint density at radius 2 is 1.51 bits per heavy atom. The molecule has 0 spiro atoms. The molecule has 0 bridgehead atoms. The van der Waals surface area contributed by atoms with Gasteiger partial charge in [0.1, 0.15) is 12.6 Å². The van der Waals surface area contributed by atoms with E-state index in [2.05, 4.69) is 5.32 Å². The van der Waals surface area contributed by atoms with E-state index in [0.717, 1.165) is 15.4 Å². The zero-order valence-corrected chi connectivity index (χ0v) is 22.6. The molecule has 1 atom stereocenters. The molecule has 0 saturated heterocycles. The molecular formula is C29H35N3O4S. The summed E-state index contributed by atoms with van der Waals surface area (Å²) in [6.45, 7) is 7.26. The Hall–Kier alpha value is -3.65. The van der Waals surface area contributed by atoms with E-state index in [1.165, 1.54) is 17.0 Å². The lowest BCUT2D eigenvalue weighted by molar-refractivity contribution is -0.140. The molecule has 0 unspecified atom stereocenters. The van der Waals surface area contributed by atoms with Crippen molar-refractivity contribution in [3.05, 3.63) is 96.1 Å². The first-order valence-corrected chi connectivity index (χ1v) is 13.9. The second kappa shape index (κ2) is 12.5. The number of carbonyl (C=O) groups excluding carboxylic acids is 2. The minimum atomic E-state index is -4.05. The number of hydrogen-bond acceptors (Lipinski definition) is 4. The third-order valence-electron chi connectivity index (χ3n) is 5.91. The van der Waals surface area contributed by atoms with Crippen molar-refractivity contribution in [2.75, 3.05) is 10.8 Å². The first kappa shape index (κ1) is 27.9. The summed E-state index contributed by atoms with van der Waals surface area (Å²) in [6, 6.07) is 23.4. The van der Waals surface area contributed by atoms with Gasteiger partial charge in [-0.05, 0) is 57.0 Å². The fourth-order valence-corrected chi connectivity index (χ4v) is 5.59. The summed E-state index contributed by atoms with van der Waals surface area (Å²) in [6.07, 6.45) is 0.382. The van der Waals surface area contributed by atoms with E-state index in [1.807, 2.05) is 52.0 Å². The zero-order chi connectivity index (χ0) is 27.0. The van der Waals surface area contributed by atoms with Crippen LogP contribution in [0.25, 0.3) is 0 Å². The van der Waals surface area contributed by atoms with Crippen LogP contribution in [0.15, 0.2) is 89.8 Å². The molecule has 0 aliphatic carbocycles. The topological polar surface area (TPSA) is 86.8 Å². The average molecular weight is 522 g/mol. The molecule has 1 N–H and O–H groups in total. The van der Waals surface area contributed by atoms with Crippen LogP contribution in [0, 0.1) is 6.92 Å². The van der Waals surface area contributed by atoms with Gasteiger partial charge in [0.2, 0.25) is 11.8 Å². The van der Waals surface area contributed by atoms with Crippen molar-refractivity contribution < 1.29 is 18.0 Å². The highest BCUT2D eigenvalue weighted by molar-refractivity contribution is 7.92. The van der Waals surface area contributed by atoms with E-state index in [0.29, 0.717) is 12.1 Å². The Bertz CT molecular complexity index is 1290. The minimum absolute atomic E-state index is 0.0847. The number of anilines is 1. The van der Waals surface area contributed by atoms with Gasteiger partial charge in [-0.25, -0.2) is 8.42 Å². The lowest BCUT2D eigenvalue weighted by Crippen LogP contribution is -2.53. The summed E-state index contributed by atoms with van der Waals surface area (Å²) in [5.74, 6) is -0.730. The van der Waals surface area contributed by atoms with Gasteiger partial charge in [0, 0.05) is 12.6 Å². The van der Waals surface area contributed by atoms with Crippen molar-refractivity contribution in [1.82, 2.24) is 10.2 Å². The molecule has 3 aromatic carbocycles. The summed E-state index contributed by atoms with van der Waals surface area (Å²) in [4.78, 5) is 28.6. The molecule has 196 valence electrons. The van der Waals surface area contributed by atoms with Crippen LogP contribution < -0.4 is 9.62 Å². The number of aryl methyl sites for hydroxylation is 1. The average Bonchev–Trinajstić information content (AvgIpc) is 2.87. The molecule has 0 aromatic heterocycles. The van der Waals surface area contributed by atoms with Gasteiger partial charge in [-0.3, -0.25) is 13.9 Å². The highest BCUT2D eigenvalue weighted by atomic mass is 32.2. The largest absolute Gasteiger partial charge is 0.352 e. The van der Waals surface area contributed by atoms with Crippen LogP contribution in [-0.2, 0) is 26.2 Å². The number of amides is 2. The van der Waals surface area contributed by atoms with E-state index < -0.39 is 28.5 Å². The molecule has 3 aromatic rings. The van der Waals surface area contributed by atoms with Gasteiger partial charge >= 0.3 is 0 Å². The maximum absolute atomic E-state index is 13.9. The third kappa shape index (κ3) is 7.20. The highest BCUT2D eigenvalue weighted by Gasteiger charge is 2.33. The van der Waals surface area contributed by atoms with Crippen molar-refractivity contribution in [3.63, 3.8) is 0 Å². The second-order valence-electron chi connectivity index (χ2n) is 9.26. The van der Waals surface area contributed by atoms with Crippen LogP contribution in [0.2, 0.25) is 0 Å². The van der Waals surface area contributed by atoms with E-state index in [9.17, 15) is 18.0 Å². The first-order valence-electron chi connectivity index (χ1n) is 12.4. The molecule has 8 heteroatoms. The fourth-order valence-electron chi connectivity index (χ4n) is 4.15. The Balaban J connectivity index is 2.03. The van der Waals surface area contributed by atoms with Crippen LogP contribution in [0.5, 0.6) is 0 Å². The number of nitrogens with one attached hydrogen (secondary N) is 1. The predicted octanol–water partition coefficient (Wildman–Crippen LogP) is 4.52. The summed E-state index contributed by atoms with van der Waals surface area (Å²) in [5, 5.41) is 2.90. The van der Waals surface area contributed by atoms with E-state index >= 15 is 0 Å². The Morgan fingerprint density at radius 3 is 2.08 bits per heavy atom. The van der Waals surface area contributed by atoms with Gasteiger partial charge in [0.05, 0.1) is 10.6 Å². The quantitative estimate of drug-likeness (QED) is 0.402. The molecular weight excluding hydrogens is 486 g/mol. The van der Waals surface area contributed by atoms with Gasteiger partial charge in [0.15, 0.2) is 0 Å². The smallest absolute Gasteiger partial charge is 0.264 e. The van der Waals surface area contributed by atoms with Crippen molar-refractivity contribution in [1.29, 1.82) is 0 Å². The Morgan fingerprint density at radius 1 is 0.892 bits per heavy atom. The summed E-state index contributed by atoms with van der Waals surface area (Å²) in [5.41, 5.74) is 2.26. The van der Waals surface area contributed by atoms with E-state index in [-0.39, 0.29) is 23.4 Å². The Labute approximate surface area is 220 Å². The Kier molecular flexibility index (Phi) is 9.47. The fraction of sp³-hybridized carbons (Fsp3) is 0.310. The maximum Gasteiger partial charge on any atom is 0.264 e. The van der Waals surface area contributed by atoms with Crippen molar-refractivity contribution >= 4 is 27.5 Å². The molecule has 0 aliphatic rings. The van der Waals surface area contributed by atoms with Gasteiger partial charge < -0.3 is 10.2 Å². The number of hydrogen-bond donors (Lipinski definition) is 1. The summed E-state index contributed by atoms with van der Waals surface area (Å²) in [7, 11) is -4.05. The summed E-state index contributed by atoms with van der Waals surface area (Å²) >= 11 is 0. The molecule has 0 heterocycles. The van der Waals surface area contributed by atoms with E-state index in [4.69, 9.17) is 0 Å². The number of carbonyl (C=O) groups is 2. The second-order valence-corrected chi connectivity index (χ2v) is 11.1. The molecule has 7 nitrogen and oxygen atoms in total. The minimum Gasteiger partial charge on any atom is -0.352 e. The standard InChI is InChI=1S/C29H35N3O4S/c1-5-27(29(34)30-22(2)3)31(20-24-14-12-13-23(4)19-24)28(33)21-32(25-15-8-6-9-16-25)37(35,36)26-17-10-7-11-18-26/h6-19,22,27H,5,20-21H2,1-4H3,(H,30,34)/t27-/m1/s1. The summed E-state index contributed by atoms with van der Waals surface area (Å²) < 4.78 is 28.5. The molecule has 0 aliphatic heterocycles. The van der Waals surface area contributed by atoms with Gasteiger partial charge in [-0.1, -0.05) is 73.2 Å². The van der Waals surface area contributed by atoms with Gasteiger partial charge in [-0.2, -0.15) is 0 Å². The monoisotopic (exact) mass is 521 g/mol. The molecule has 0 saturated carbocycles. The van der Waals surface area contributed by atoms with Crippen LogP contribution >= 0.6 is 0 Å². The first-order chi connectivity index (χ1) is 17.6. The molecule has 2 amide bonds. The van der Waals surface area contributed by atoms with Crippen molar-refractivity contribution in [2.45, 2.75) is 57.6 Å². The zero-order valence-electron chi connectivity index (χ0n) is 21.8. The number of nitrogens with zero attached hydrogens (tertiary/aromatic N) is 2. The van der Waals surface area contributed by atoms with Crippen LogP contribution in [0.4, 0.5) is 5.69 Å². The lowest BCUT2D eigenvalue weighted by Gasteiger charge is -2.33. The number of sulfonamides is 1. The lowest BCUT2D eigenvalue weighted by atomic mass is 10.1. The molecule has 0 radical (unpaired) electrons. The van der Waals surface area contributed by atoms with Crippen LogP contribution in [-0.4, -0.2) is 43.8 Å². The normalized spacial score (nSPS) is 12.1. The van der Waals surface area contributed by atoms with Gasteiger partial charge in [0.25, 0.3) is 10.0 Å². The highest BCUT2D eigenvalue weighted by Crippen LogP contribution is 2.24. The number of para-hydroxylation sites is 1. The van der Waals surface area contributed by atoms with Crippen molar-refractivity contribution in [3.8, 4) is 0 Å². The SMILES string of the molecule is CC[C@H](C(=O)NC(C)C)N(Cc1cccc(C)c1)C(=O)CN(c1ccccc1)S(=O)(=O)c1ccccc1. The third-order valence-corrected chi connectivity index (χ3v) is 7.69. The van der Waals surface area contributed by atoms with Crippen LogP contribution in [0.1, 0.15) is 38.3 Å². The molecule has 0 fully saturated rings. The number of benzene rings is 3. The molecule has 3 rings (SSSR count). The van der Waals surface area contributed by atoms with E-state index in [1.54, 1.807) is 48.5 Å². The predicted molar refractivity (Wildman–Crippen MR) is 147 cm³/mol. The number of rotatable bonds is 11. The maximum atomic E-state index is 13.9.